The molecule has 0 spiro atoms. The van der Waals surface area contributed by atoms with Crippen molar-refractivity contribution in [2.75, 3.05) is 11.9 Å². The van der Waals surface area contributed by atoms with Crippen molar-refractivity contribution in [3.8, 4) is 5.75 Å². The third-order valence-corrected chi connectivity index (χ3v) is 3.91. The number of carbonyl (C=O) groups is 1. The Bertz CT molecular complexity index is 551. The molecule has 1 aliphatic rings. The summed E-state index contributed by atoms with van der Waals surface area (Å²) in [7, 11) is 0. The van der Waals surface area contributed by atoms with Crippen LogP contribution >= 0.6 is 0 Å². The van der Waals surface area contributed by atoms with Gasteiger partial charge in [0.25, 0.3) is 0 Å². The third kappa shape index (κ3) is 2.21. The zero-order chi connectivity index (χ0) is 14.4. The number of anilines is 1. The maximum atomic E-state index is 11.3. The first kappa shape index (κ1) is 13.9. The predicted molar refractivity (Wildman–Crippen MR) is 74.8 cm³/mol. The van der Waals surface area contributed by atoms with Gasteiger partial charge in [-0.3, -0.25) is 4.79 Å². The monoisotopic (exact) mass is 263 g/mol. The Labute approximate surface area is 113 Å². The number of carbonyl (C=O) groups excluding carboxylic acids is 1. The van der Waals surface area contributed by atoms with Gasteiger partial charge in [-0.05, 0) is 44.4 Å². The van der Waals surface area contributed by atoms with Crippen LogP contribution in [0.15, 0.2) is 0 Å². The van der Waals surface area contributed by atoms with E-state index in [2.05, 4.69) is 5.32 Å². The Morgan fingerprint density at radius 2 is 1.95 bits per heavy atom. The van der Waals surface area contributed by atoms with E-state index in [4.69, 9.17) is 4.74 Å². The molecule has 0 saturated heterocycles. The number of aliphatic hydroxyl groups is 1. The Morgan fingerprint density at radius 3 is 2.47 bits per heavy atom. The molecule has 1 aliphatic heterocycles. The van der Waals surface area contributed by atoms with Gasteiger partial charge in [0.1, 0.15) is 11.4 Å². The van der Waals surface area contributed by atoms with Gasteiger partial charge in [-0.2, -0.15) is 0 Å². The number of nitrogens with one attached hydrogen (secondary N) is 1. The fourth-order valence-corrected chi connectivity index (χ4v) is 2.65. The van der Waals surface area contributed by atoms with E-state index in [1.54, 1.807) is 0 Å². The summed E-state index contributed by atoms with van der Waals surface area (Å²) in [6.45, 7) is 9.35. The van der Waals surface area contributed by atoms with Crippen LogP contribution in [0.1, 0.15) is 36.1 Å². The minimum absolute atomic E-state index is 0.0188. The van der Waals surface area contributed by atoms with Crippen LogP contribution in [0.25, 0.3) is 0 Å². The maximum absolute atomic E-state index is 11.3. The molecule has 2 rings (SSSR count). The lowest BCUT2D eigenvalue weighted by molar-refractivity contribution is -0.114. The van der Waals surface area contributed by atoms with Gasteiger partial charge in [-0.1, -0.05) is 0 Å². The van der Waals surface area contributed by atoms with E-state index in [1.807, 2.05) is 27.7 Å². The molecular weight excluding hydrogens is 242 g/mol. The van der Waals surface area contributed by atoms with Gasteiger partial charge in [0, 0.05) is 24.6 Å². The second-order valence-electron chi connectivity index (χ2n) is 5.63. The molecule has 1 amide bonds. The summed E-state index contributed by atoms with van der Waals surface area (Å²) in [4.78, 5) is 11.3. The number of ether oxygens (including phenoxy) is 1. The third-order valence-electron chi connectivity index (χ3n) is 3.91. The maximum Gasteiger partial charge on any atom is 0.221 e. The van der Waals surface area contributed by atoms with Crippen LogP contribution in [0.3, 0.4) is 0 Å². The summed E-state index contributed by atoms with van der Waals surface area (Å²) in [5.74, 6) is 0.787. The van der Waals surface area contributed by atoms with E-state index in [0.29, 0.717) is 6.42 Å². The number of hydrogen-bond acceptors (Lipinski definition) is 3. The number of amides is 1. The molecule has 0 aromatic heterocycles. The first-order valence-corrected chi connectivity index (χ1v) is 6.49. The fourth-order valence-electron chi connectivity index (χ4n) is 2.65. The van der Waals surface area contributed by atoms with Crippen molar-refractivity contribution in [2.45, 2.75) is 46.6 Å². The molecule has 104 valence electrons. The SMILES string of the molecule is CC(=O)Nc1c(C)c(C)c2c(c1C)CC(C)(CO)O2. The van der Waals surface area contributed by atoms with Gasteiger partial charge >= 0.3 is 0 Å². The van der Waals surface area contributed by atoms with Crippen LogP contribution in [0.5, 0.6) is 5.75 Å². The van der Waals surface area contributed by atoms with E-state index < -0.39 is 5.60 Å². The predicted octanol–water partition coefficient (Wildman–Crippen LogP) is 2.26. The van der Waals surface area contributed by atoms with Crippen LogP contribution in [0, 0.1) is 20.8 Å². The van der Waals surface area contributed by atoms with Crippen LogP contribution in [0.2, 0.25) is 0 Å². The van der Waals surface area contributed by atoms with E-state index in [1.165, 1.54) is 6.92 Å². The number of benzene rings is 1. The molecule has 0 saturated carbocycles. The molecule has 1 aromatic carbocycles. The van der Waals surface area contributed by atoms with E-state index >= 15 is 0 Å². The number of hydrogen-bond donors (Lipinski definition) is 2. The highest BCUT2D eigenvalue weighted by Gasteiger charge is 2.37. The van der Waals surface area contributed by atoms with E-state index in [0.717, 1.165) is 33.7 Å². The lowest BCUT2D eigenvalue weighted by Crippen LogP contribution is -2.34. The summed E-state index contributed by atoms with van der Waals surface area (Å²) < 4.78 is 5.93. The average Bonchev–Trinajstić information content (AvgIpc) is 2.71. The molecule has 1 heterocycles. The normalized spacial score (nSPS) is 20.9. The largest absolute Gasteiger partial charge is 0.484 e. The highest BCUT2D eigenvalue weighted by molar-refractivity contribution is 5.91. The molecule has 19 heavy (non-hydrogen) atoms. The molecule has 1 aromatic rings. The molecule has 4 nitrogen and oxygen atoms in total. The van der Waals surface area contributed by atoms with Crippen molar-refractivity contribution in [3.05, 3.63) is 22.3 Å². The topological polar surface area (TPSA) is 58.6 Å². The van der Waals surface area contributed by atoms with E-state index in [-0.39, 0.29) is 12.5 Å². The van der Waals surface area contributed by atoms with Crippen molar-refractivity contribution in [2.24, 2.45) is 0 Å². The molecule has 1 unspecified atom stereocenters. The average molecular weight is 263 g/mol. The van der Waals surface area contributed by atoms with Crippen molar-refractivity contribution >= 4 is 11.6 Å². The van der Waals surface area contributed by atoms with Gasteiger partial charge < -0.3 is 15.2 Å². The second kappa shape index (κ2) is 4.53. The molecule has 0 bridgehead atoms. The fraction of sp³-hybridized carbons (Fsp3) is 0.533. The number of aliphatic hydroxyl groups excluding tert-OH is 1. The lowest BCUT2D eigenvalue weighted by atomic mass is 9.92. The standard InChI is InChI=1S/C15H21NO3/c1-8-9(2)14-12(6-15(5,7-17)19-14)10(3)13(8)16-11(4)18/h17H,6-7H2,1-5H3,(H,16,18). The summed E-state index contributed by atoms with van der Waals surface area (Å²) >= 11 is 0. The van der Waals surface area contributed by atoms with Crippen LogP contribution in [0.4, 0.5) is 5.69 Å². The van der Waals surface area contributed by atoms with E-state index in [9.17, 15) is 9.90 Å². The summed E-state index contributed by atoms with van der Waals surface area (Å²) in [6, 6.07) is 0. The Balaban J connectivity index is 2.58. The lowest BCUT2D eigenvalue weighted by Gasteiger charge is -2.21. The van der Waals surface area contributed by atoms with Gasteiger partial charge in [-0.25, -0.2) is 0 Å². The smallest absolute Gasteiger partial charge is 0.221 e. The number of rotatable bonds is 2. The number of fused-ring (bicyclic) bond motifs is 1. The molecular formula is C15H21NO3. The molecule has 0 radical (unpaired) electrons. The molecule has 0 aliphatic carbocycles. The summed E-state index contributed by atoms with van der Waals surface area (Å²) in [5.41, 5.74) is 4.48. The highest BCUT2D eigenvalue weighted by atomic mass is 16.5. The summed E-state index contributed by atoms with van der Waals surface area (Å²) in [6.07, 6.45) is 0.665. The first-order chi connectivity index (χ1) is 8.79. The second-order valence-corrected chi connectivity index (χ2v) is 5.63. The van der Waals surface area contributed by atoms with Crippen LogP contribution < -0.4 is 10.1 Å². The Hall–Kier alpha value is -1.55. The van der Waals surface area contributed by atoms with Gasteiger partial charge in [0.05, 0.1) is 6.61 Å². The van der Waals surface area contributed by atoms with Crippen molar-refractivity contribution in [1.82, 2.24) is 0 Å². The zero-order valence-electron chi connectivity index (χ0n) is 12.2. The molecule has 4 heteroatoms. The van der Waals surface area contributed by atoms with Crippen LogP contribution in [-0.2, 0) is 11.2 Å². The highest BCUT2D eigenvalue weighted by Crippen LogP contribution is 2.44. The molecule has 1 atom stereocenters. The minimum atomic E-state index is -0.556. The Kier molecular flexibility index (Phi) is 3.31. The minimum Gasteiger partial charge on any atom is -0.484 e. The first-order valence-electron chi connectivity index (χ1n) is 6.49. The van der Waals surface area contributed by atoms with Gasteiger partial charge in [0.2, 0.25) is 5.91 Å². The van der Waals surface area contributed by atoms with Crippen molar-refractivity contribution < 1.29 is 14.6 Å². The van der Waals surface area contributed by atoms with Crippen molar-refractivity contribution in [1.29, 1.82) is 0 Å². The van der Waals surface area contributed by atoms with Gasteiger partial charge in [-0.15, -0.1) is 0 Å². The molecule has 0 fully saturated rings. The van der Waals surface area contributed by atoms with Crippen molar-refractivity contribution in [3.63, 3.8) is 0 Å². The van der Waals surface area contributed by atoms with Crippen LogP contribution in [-0.4, -0.2) is 23.2 Å². The zero-order valence-corrected chi connectivity index (χ0v) is 12.2. The summed E-state index contributed by atoms with van der Waals surface area (Å²) in [5, 5.41) is 12.4. The Morgan fingerprint density at radius 1 is 1.32 bits per heavy atom. The van der Waals surface area contributed by atoms with Gasteiger partial charge in [0.15, 0.2) is 0 Å². The quantitative estimate of drug-likeness (QED) is 0.860. The molecule has 2 N–H and O–H groups in total.